The second-order valence-corrected chi connectivity index (χ2v) is 4.27. The minimum atomic E-state index is -0.0733. The minimum Gasteiger partial charge on any atom is -0.388 e. The van der Waals surface area contributed by atoms with Gasteiger partial charge in [-0.2, -0.15) is 0 Å². The van der Waals surface area contributed by atoms with E-state index in [-0.39, 0.29) is 6.61 Å². The minimum absolute atomic E-state index is 0.0733. The molecule has 0 bridgehead atoms. The molecule has 2 aromatic rings. The Kier molecular flexibility index (Phi) is 3.08. The van der Waals surface area contributed by atoms with E-state index in [2.05, 4.69) is 20.6 Å². The molecule has 6 heteroatoms. The van der Waals surface area contributed by atoms with Crippen molar-refractivity contribution < 1.29 is 5.11 Å². The Morgan fingerprint density at radius 1 is 1.53 bits per heavy atom. The molecule has 0 aromatic carbocycles. The summed E-state index contributed by atoms with van der Waals surface area (Å²) in [6, 6.07) is 0. The zero-order valence-electron chi connectivity index (χ0n) is 8.42. The average Bonchev–Trinajstić information content (AvgIpc) is 2.83. The van der Waals surface area contributed by atoms with Gasteiger partial charge in [-0.05, 0) is 6.92 Å². The second kappa shape index (κ2) is 4.50. The SMILES string of the molecule is Cc1nc(CCn2cnnc2CO)cs1. The van der Waals surface area contributed by atoms with Crippen LogP contribution in [0.3, 0.4) is 0 Å². The normalized spacial score (nSPS) is 10.8. The van der Waals surface area contributed by atoms with Crippen LogP contribution in [-0.2, 0) is 19.6 Å². The molecule has 0 aliphatic heterocycles. The number of thiazole rings is 1. The predicted molar refractivity (Wildman–Crippen MR) is 56.5 cm³/mol. The summed E-state index contributed by atoms with van der Waals surface area (Å²) < 4.78 is 1.84. The summed E-state index contributed by atoms with van der Waals surface area (Å²) in [6.07, 6.45) is 2.47. The molecule has 5 nitrogen and oxygen atoms in total. The third kappa shape index (κ3) is 2.40. The number of nitrogens with zero attached hydrogens (tertiary/aromatic N) is 4. The van der Waals surface area contributed by atoms with Crippen molar-refractivity contribution in [1.29, 1.82) is 0 Å². The quantitative estimate of drug-likeness (QED) is 0.833. The summed E-state index contributed by atoms with van der Waals surface area (Å²) in [5, 5.41) is 19.6. The summed E-state index contributed by atoms with van der Waals surface area (Å²) in [6.45, 7) is 2.67. The van der Waals surface area contributed by atoms with E-state index < -0.39 is 0 Å². The van der Waals surface area contributed by atoms with Gasteiger partial charge in [0.1, 0.15) is 12.9 Å². The molecule has 2 aromatic heterocycles. The van der Waals surface area contributed by atoms with Gasteiger partial charge in [0, 0.05) is 18.3 Å². The predicted octanol–water partition coefficient (Wildman–Crippen LogP) is 0.778. The van der Waals surface area contributed by atoms with E-state index in [1.165, 1.54) is 0 Å². The zero-order valence-corrected chi connectivity index (χ0v) is 9.24. The van der Waals surface area contributed by atoms with Crippen LogP contribution in [0.5, 0.6) is 0 Å². The molecule has 0 radical (unpaired) electrons. The number of aromatic nitrogens is 4. The van der Waals surface area contributed by atoms with Gasteiger partial charge < -0.3 is 9.67 Å². The Morgan fingerprint density at radius 2 is 2.40 bits per heavy atom. The van der Waals surface area contributed by atoms with Crippen LogP contribution in [0.25, 0.3) is 0 Å². The lowest BCUT2D eigenvalue weighted by Gasteiger charge is -2.02. The van der Waals surface area contributed by atoms with E-state index in [0.717, 1.165) is 23.7 Å². The molecular formula is C9H12N4OS. The maximum Gasteiger partial charge on any atom is 0.158 e. The molecule has 0 spiro atoms. The molecule has 0 aliphatic carbocycles. The fourth-order valence-corrected chi connectivity index (χ4v) is 1.99. The van der Waals surface area contributed by atoms with Gasteiger partial charge in [0.2, 0.25) is 0 Å². The van der Waals surface area contributed by atoms with Crippen molar-refractivity contribution in [3.63, 3.8) is 0 Å². The Hall–Kier alpha value is -1.27. The number of hydrogen-bond acceptors (Lipinski definition) is 5. The highest BCUT2D eigenvalue weighted by Crippen LogP contribution is 2.09. The van der Waals surface area contributed by atoms with E-state index in [1.54, 1.807) is 17.7 Å². The molecule has 0 aliphatic rings. The van der Waals surface area contributed by atoms with Gasteiger partial charge in [-0.15, -0.1) is 21.5 Å². The fraction of sp³-hybridized carbons (Fsp3) is 0.444. The molecular weight excluding hydrogens is 212 g/mol. The fourth-order valence-electron chi connectivity index (χ4n) is 1.35. The molecule has 0 unspecified atom stereocenters. The number of aliphatic hydroxyl groups excluding tert-OH is 1. The van der Waals surface area contributed by atoms with Gasteiger partial charge in [0.25, 0.3) is 0 Å². The van der Waals surface area contributed by atoms with Crippen LogP contribution >= 0.6 is 11.3 Å². The Balaban J connectivity index is 1.98. The first-order chi connectivity index (χ1) is 7.29. The van der Waals surface area contributed by atoms with E-state index >= 15 is 0 Å². The number of rotatable bonds is 4. The topological polar surface area (TPSA) is 63.8 Å². The molecule has 2 heterocycles. The highest BCUT2D eigenvalue weighted by molar-refractivity contribution is 7.09. The molecule has 0 atom stereocenters. The van der Waals surface area contributed by atoms with Crippen LogP contribution in [0.1, 0.15) is 16.5 Å². The van der Waals surface area contributed by atoms with Crippen molar-refractivity contribution in [1.82, 2.24) is 19.7 Å². The molecule has 2 rings (SSSR count). The lowest BCUT2D eigenvalue weighted by Crippen LogP contribution is -2.05. The van der Waals surface area contributed by atoms with Crippen molar-refractivity contribution >= 4 is 11.3 Å². The third-order valence-corrected chi connectivity index (χ3v) is 2.93. The monoisotopic (exact) mass is 224 g/mol. The maximum absolute atomic E-state index is 8.97. The van der Waals surface area contributed by atoms with E-state index in [0.29, 0.717) is 5.82 Å². The Bertz CT molecular complexity index is 437. The van der Waals surface area contributed by atoms with Gasteiger partial charge in [-0.1, -0.05) is 0 Å². The molecule has 15 heavy (non-hydrogen) atoms. The number of aryl methyl sites for hydroxylation is 3. The van der Waals surface area contributed by atoms with Crippen LogP contribution in [0.15, 0.2) is 11.7 Å². The highest BCUT2D eigenvalue weighted by atomic mass is 32.1. The lowest BCUT2D eigenvalue weighted by molar-refractivity contribution is 0.264. The van der Waals surface area contributed by atoms with Crippen LogP contribution < -0.4 is 0 Å². The molecule has 0 fully saturated rings. The molecule has 0 saturated heterocycles. The first-order valence-corrected chi connectivity index (χ1v) is 5.56. The smallest absolute Gasteiger partial charge is 0.158 e. The molecule has 0 saturated carbocycles. The van der Waals surface area contributed by atoms with Gasteiger partial charge >= 0.3 is 0 Å². The van der Waals surface area contributed by atoms with Gasteiger partial charge in [0.15, 0.2) is 5.82 Å². The van der Waals surface area contributed by atoms with Gasteiger partial charge in [-0.3, -0.25) is 0 Å². The molecule has 1 N–H and O–H groups in total. The summed E-state index contributed by atoms with van der Waals surface area (Å²) >= 11 is 1.65. The van der Waals surface area contributed by atoms with Crippen LogP contribution in [0.2, 0.25) is 0 Å². The van der Waals surface area contributed by atoms with Crippen molar-refractivity contribution in [3.05, 3.63) is 28.2 Å². The van der Waals surface area contributed by atoms with Crippen LogP contribution in [0, 0.1) is 6.92 Å². The summed E-state index contributed by atoms with van der Waals surface area (Å²) in [7, 11) is 0. The first-order valence-electron chi connectivity index (χ1n) is 4.68. The third-order valence-electron chi connectivity index (χ3n) is 2.11. The standard InChI is InChI=1S/C9H12N4OS/c1-7-11-8(5-15-7)2-3-13-6-10-12-9(13)4-14/h5-6,14H,2-4H2,1H3. The number of aliphatic hydroxyl groups is 1. The Morgan fingerprint density at radius 3 is 3.07 bits per heavy atom. The van der Waals surface area contributed by atoms with Crippen molar-refractivity contribution in [2.45, 2.75) is 26.5 Å². The van der Waals surface area contributed by atoms with E-state index in [4.69, 9.17) is 5.11 Å². The summed E-state index contributed by atoms with van der Waals surface area (Å²) in [5.41, 5.74) is 1.08. The Labute approximate surface area is 91.4 Å². The number of hydrogen-bond donors (Lipinski definition) is 1. The van der Waals surface area contributed by atoms with Crippen molar-refractivity contribution in [2.24, 2.45) is 0 Å². The summed E-state index contributed by atoms with van der Waals surface area (Å²) in [5.74, 6) is 0.599. The van der Waals surface area contributed by atoms with Gasteiger partial charge in [-0.25, -0.2) is 4.98 Å². The summed E-state index contributed by atoms with van der Waals surface area (Å²) in [4.78, 5) is 4.37. The highest BCUT2D eigenvalue weighted by Gasteiger charge is 2.03. The largest absolute Gasteiger partial charge is 0.388 e. The van der Waals surface area contributed by atoms with E-state index in [9.17, 15) is 0 Å². The average molecular weight is 224 g/mol. The molecule has 80 valence electrons. The first kappa shape index (κ1) is 10.3. The van der Waals surface area contributed by atoms with Crippen molar-refractivity contribution in [2.75, 3.05) is 0 Å². The van der Waals surface area contributed by atoms with E-state index in [1.807, 2.05) is 11.5 Å². The van der Waals surface area contributed by atoms with Crippen LogP contribution in [-0.4, -0.2) is 24.9 Å². The zero-order chi connectivity index (χ0) is 10.7. The van der Waals surface area contributed by atoms with Crippen molar-refractivity contribution in [3.8, 4) is 0 Å². The maximum atomic E-state index is 8.97. The van der Waals surface area contributed by atoms with Crippen LogP contribution in [0.4, 0.5) is 0 Å². The molecule has 0 amide bonds. The van der Waals surface area contributed by atoms with Gasteiger partial charge in [0.05, 0.1) is 10.7 Å². The second-order valence-electron chi connectivity index (χ2n) is 3.21. The lowest BCUT2D eigenvalue weighted by atomic mass is 10.3.